The first-order valence-electron chi connectivity index (χ1n) is 4.11. The first-order valence-corrected chi connectivity index (χ1v) is 5.66. The molecule has 0 aliphatic rings. The standard InChI is InChI=1S/C7H7N5O3S/c8-16(14,15)7-10-6(11-12-7)4-1-2-9-5(13)3-4/h1-3H,(H,9,13)(H2,8,14,15)(H,10,11,12). The van der Waals surface area contributed by atoms with Crippen molar-refractivity contribution in [2.24, 2.45) is 5.14 Å². The number of H-pyrrole nitrogens is 2. The van der Waals surface area contributed by atoms with Crippen molar-refractivity contribution in [3.8, 4) is 11.4 Å². The fourth-order valence-electron chi connectivity index (χ4n) is 1.09. The fraction of sp³-hybridized carbons (Fsp3) is 0. The van der Waals surface area contributed by atoms with Gasteiger partial charge < -0.3 is 4.98 Å². The minimum atomic E-state index is -3.92. The quantitative estimate of drug-likeness (QED) is 0.607. The number of aromatic amines is 2. The summed E-state index contributed by atoms with van der Waals surface area (Å²) in [6.45, 7) is 0. The van der Waals surface area contributed by atoms with E-state index in [1.165, 1.54) is 18.3 Å². The zero-order valence-corrected chi connectivity index (χ0v) is 8.65. The molecule has 0 radical (unpaired) electrons. The van der Waals surface area contributed by atoms with Crippen LogP contribution in [0.5, 0.6) is 0 Å². The van der Waals surface area contributed by atoms with Crippen LogP contribution in [0.25, 0.3) is 11.4 Å². The lowest BCUT2D eigenvalue weighted by atomic mass is 10.2. The third-order valence-corrected chi connectivity index (χ3v) is 2.49. The summed E-state index contributed by atoms with van der Waals surface area (Å²) in [5, 5.41) is 10.2. The molecule has 4 N–H and O–H groups in total. The summed E-state index contributed by atoms with van der Waals surface area (Å²) in [4.78, 5) is 17.1. The van der Waals surface area contributed by atoms with Crippen molar-refractivity contribution in [1.29, 1.82) is 0 Å². The lowest BCUT2D eigenvalue weighted by Gasteiger charge is -1.91. The van der Waals surface area contributed by atoms with Crippen LogP contribution in [0.2, 0.25) is 0 Å². The maximum Gasteiger partial charge on any atom is 0.273 e. The molecule has 0 atom stereocenters. The number of nitrogens with two attached hydrogens (primary N) is 1. The molecule has 0 fully saturated rings. The smallest absolute Gasteiger partial charge is 0.273 e. The highest BCUT2D eigenvalue weighted by atomic mass is 32.2. The fourth-order valence-corrected chi connectivity index (χ4v) is 1.47. The van der Waals surface area contributed by atoms with Gasteiger partial charge in [0, 0.05) is 17.8 Å². The summed E-state index contributed by atoms with van der Waals surface area (Å²) in [7, 11) is -3.92. The number of rotatable bonds is 2. The Morgan fingerprint density at radius 2 is 2.12 bits per heavy atom. The molecule has 2 rings (SSSR count). The zero-order valence-electron chi connectivity index (χ0n) is 7.84. The van der Waals surface area contributed by atoms with Gasteiger partial charge in [0.1, 0.15) is 0 Å². The van der Waals surface area contributed by atoms with Crippen LogP contribution in [0, 0.1) is 0 Å². The molecule has 0 aliphatic heterocycles. The number of primary sulfonamides is 1. The summed E-state index contributed by atoms with van der Waals surface area (Å²) in [6.07, 6.45) is 1.41. The van der Waals surface area contributed by atoms with Crippen molar-refractivity contribution >= 4 is 10.0 Å². The summed E-state index contributed by atoms with van der Waals surface area (Å²) in [6, 6.07) is 2.79. The Balaban J connectivity index is 2.51. The Kier molecular flexibility index (Phi) is 2.33. The number of hydrogen-bond donors (Lipinski definition) is 3. The van der Waals surface area contributed by atoms with Gasteiger partial charge in [-0.1, -0.05) is 0 Å². The number of aromatic nitrogens is 4. The van der Waals surface area contributed by atoms with Crippen molar-refractivity contribution in [2.75, 3.05) is 0 Å². The predicted molar refractivity (Wildman–Crippen MR) is 53.8 cm³/mol. The van der Waals surface area contributed by atoms with Gasteiger partial charge in [0.25, 0.3) is 15.2 Å². The van der Waals surface area contributed by atoms with Crippen molar-refractivity contribution in [1.82, 2.24) is 20.2 Å². The van der Waals surface area contributed by atoms with E-state index in [0.29, 0.717) is 5.56 Å². The van der Waals surface area contributed by atoms with Crippen LogP contribution in [-0.2, 0) is 10.0 Å². The highest BCUT2D eigenvalue weighted by molar-refractivity contribution is 7.89. The molecule has 0 saturated carbocycles. The molecular weight excluding hydrogens is 234 g/mol. The van der Waals surface area contributed by atoms with Gasteiger partial charge in [0.15, 0.2) is 5.82 Å². The number of nitrogens with zero attached hydrogens (tertiary/aromatic N) is 2. The Bertz CT molecular complexity index is 671. The minimum absolute atomic E-state index is 0.0927. The van der Waals surface area contributed by atoms with Crippen LogP contribution in [0.15, 0.2) is 28.3 Å². The van der Waals surface area contributed by atoms with Gasteiger partial charge in [-0.25, -0.2) is 18.7 Å². The molecule has 0 aromatic carbocycles. The highest BCUT2D eigenvalue weighted by Crippen LogP contribution is 2.12. The van der Waals surface area contributed by atoms with E-state index in [1.54, 1.807) is 0 Å². The Morgan fingerprint density at radius 1 is 1.38 bits per heavy atom. The molecule has 2 aromatic heterocycles. The van der Waals surface area contributed by atoms with Crippen LogP contribution in [-0.4, -0.2) is 28.6 Å². The second-order valence-electron chi connectivity index (χ2n) is 2.95. The van der Waals surface area contributed by atoms with Gasteiger partial charge in [-0.2, -0.15) is 10.1 Å². The van der Waals surface area contributed by atoms with Crippen LogP contribution in [0.3, 0.4) is 0 Å². The van der Waals surface area contributed by atoms with Crippen LogP contribution >= 0.6 is 0 Å². The summed E-state index contributed by atoms with van der Waals surface area (Å²) in [5.41, 5.74) is 0.0642. The second kappa shape index (κ2) is 3.54. The lowest BCUT2D eigenvalue weighted by Crippen LogP contribution is -2.13. The van der Waals surface area contributed by atoms with Gasteiger partial charge in [-0.05, 0) is 6.07 Å². The van der Waals surface area contributed by atoms with E-state index in [1.807, 2.05) is 0 Å². The van der Waals surface area contributed by atoms with E-state index >= 15 is 0 Å². The van der Waals surface area contributed by atoms with Crippen LogP contribution in [0.1, 0.15) is 0 Å². The number of sulfonamides is 1. The topological polar surface area (TPSA) is 135 Å². The number of hydrogen-bond acceptors (Lipinski definition) is 5. The van der Waals surface area contributed by atoms with Gasteiger partial charge in [-0.15, -0.1) is 0 Å². The monoisotopic (exact) mass is 241 g/mol. The van der Waals surface area contributed by atoms with Crippen molar-refractivity contribution in [2.45, 2.75) is 5.16 Å². The van der Waals surface area contributed by atoms with Crippen molar-refractivity contribution < 1.29 is 8.42 Å². The van der Waals surface area contributed by atoms with Gasteiger partial charge >= 0.3 is 0 Å². The SMILES string of the molecule is NS(=O)(=O)c1nc(-c2cc[nH]c(=O)c2)n[nH]1. The first-order chi connectivity index (χ1) is 7.47. The normalized spacial score (nSPS) is 11.6. The molecule has 84 valence electrons. The van der Waals surface area contributed by atoms with Gasteiger partial charge in [0.05, 0.1) is 0 Å². The van der Waals surface area contributed by atoms with Gasteiger partial charge in [0.2, 0.25) is 5.56 Å². The molecule has 2 aromatic rings. The largest absolute Gasteiger partial charge is 0.329 e. The molecule has 0 amide bonds. The third-order valence-electron chi connectivity index (χ3n) is 1.77. The van der Waals surface area contributed by atoms with Crippen LogP contribution < -0.4 is 10.7 Å². The summed E-state index contributed by atoms with van der Waals surface area (Å²) in [5.74, 6) is 0.0927. The molecule has 16 heavy (non-hydrogen) atoms. The molecule has 0 unspecified atom stereocenters. The maximum atomic E-state index is 11.0. The van der Waals surface area contributed by atoms with Crippen LogP contribution in [0.4, 0.5) is 0 Å². The zero-order chi connectivity index (χ0) is 11.8. The van der Waals surface area contributed by atoms with E-state index in [9.17, 15) is 13.2 Å². The maximum absolute atomic E-state index is 11.0. The molecule has 8 nitrogen and oxygen atoms in total. The van der Waals surface area contributed by atoms with Gasteiger partial charge in [-0.3, -0.25) is 4.79 Å². The van der Waals surface area contributed by atoms with Crippen molar-refractivity contribution in [3.05, 3.63) is 28.7 Å². The minimum Gasteiger partial charge on any atom is -0.329 e. The Hall–Kier alpha value is -2.00. The molecule has 2 heterocycles. The average Bonchev–Trinajstić information content (AvgIpc) is 2.65. The second-order valence-corrected chi connectivity index (χ2v) is 4.43. The molecule has 0 saturated heterocycles. The molecular formula is C7H7N5O3S. The third kappa shape index (κ3) is 1.99. The summed E-state index contributed by atoms with van der Waals surface area (Å²) < 4.78 is 21.8. The molecule has 9 heteroatoms. The van der Waals surface area contributed by atoms with E-state index in [0.717, 1.165) is 0 Å². The number of nitrogens with one attached hydrogen (secondary N) is 2. The van der Waals surface area contributed by atoms with E-state index < -0.39 is 15.2 Å². The van der Waals surface area contributed by atoms with Crippen molar-refractivity contribution in [3.63, 3.8) is 0 Å². The first kappa shape index (κ1) is 10.5. The number of pyridine rings is 1. The average molecular weight is 241 g/mol. The molecule has 0 spiro atoms. The van der Waals surface area contributed by atoms with E-state index in [2.05, 4.69) is 20.2 Å². The van der Waals surface area contributed by atoms with E-state index in [4.69, 9.17) is 5.14 Å². The summed E-state index contributed by atoms with van der Waals surface area (Å²) >= 11 is 0. The molecule has 0 bridgehead atoms. The molecule has 0 aliphatic carbocycles. The Labute approximate surface area is 89.6 Å². The lowest BCUT2D eigenvalue weighted by molar-refractivity contribution is 0.589. The predicted octanol–water partition coefficient (Wildman–Crippen LogP) is -1.19. The highest BCUT2D eigenvalue weighted by Gasteiger charge is 2.14. The Morgan fingerprint density at radius 3 is 2.69 bits per heavy atom. The van der Waals surface area contributed by atoms with E-state index in [-0.39, 0.29) is 11.4 Å².